The molecule has 0 radical (unpaired) electrons. The Balaban J connectivity index is 2.14. The summed E-state index contributed by atoms with van der Waals surface area (Å²) in [5.41, 5.74) is 8.27. The van der Waals surface area contributed by atoms with Crippen molar-refractivity contribution in [1.29, 1.82) is 0 Å². The van der Waals surface area contributed by atoms with E-state index in [9.17, 15) is 0 Å². The van der Waals surface area contributed by atoms with Gasteiger partial charge in [0.25, 0.3) is 0 Å². The van der Waals surface area contributed by atoms with Crippen molar-refractivity contribution < 1.29 is 0 Å². The molecule has 1 aromatic carbocycles. The molecule has 3 nitrogen and oxygen atoms in total. The van der Waals surface area contributed by atoms with Gasteiger partial charge in [-0.1, -0.05) is 30.3 Å². The van der Waals surface area contributed by atoms with Gasteiger partial charge in [0.2, 0.25) is 0 Å². The maximum Gasteiger partial charge on any atom is 0.128 e. The number of nitrogens with zero attached hydrogens (tertiary/aromatic N) is 2. The van der Waals surface area contributed by atoms with Crippen molar-refractivity contribution in [3.8, 4) is 0 Å². The molecule has 3 heteroatoms. The summed E-state index contributed by atoms with van der Waals surface area (Å²) in [6.07, 6.45) is 1.82. The van der Waals surface area contributed by atoms with Gasteiger partial charge in [0.15, 0.2) is 0 Å². The molecular weight excluding hydrogens is 222 g/mol. The topological polar surface area (TPSA) is 42.1 Å². The van der Waals surface area contributed by atoms with Crippen LogP contribution >= 0.6 is 0 Å². The fraction of sp³-hybridized carbons (Fsp3) is 0.267. The molecule has 2 rings (SSSR count). The summed E-state index contributed by atoms with van der Waals surface area (Å²) in [5, 5.41) is 0. The van der Waals surface area contributed by atoms with Crippen LogP contribution in [-0.4, -0.2) is 12.0 Å². The third-order valence-electron chi connectivity index (χ3n) is 2.95. The van der Waals surface area contributed by atoms with E-state index in [4.69, 9.17) is 5.73 Å². The number of nitrogens with two attached hydrogens (primary N) is 1. The minimum atomic E-state index is 0.0388. The van der Waals surface area contributed by atoms with Gasteiger partial charge in [0.05, 0.1) is 0 Å². The smallest absolute Gasteiger partial charge is 0.128 e. The van der Waals surface area contributed by atoms with Crippen LogP contribution in [0.25, 0.3) is 0 Å². The van der Waals surface area contributed by atoms with Crippen molar-refractivity contribution in [2.45, 2.75) is 19.5 Å². The van der Waals surface area contributed by atoms with E-state index in [1.807, 2.05) is 38.4 Å². The molecule has 2 aromatic rings. The van der Waals surface area contributed by atoms with Gasteiger partial charge in [-0.15, -0.1) is 0 Å². The van der Waals surface area contributed by atoms with E-state index in [-0.39, 0.29) is 6.04 Å². The van der Waals surface area contributed by atoms with Crippen molar-refractivity contribution in [2.24, 2.45) is 5.73 Å². The second kappa shape index (κ2) is 5.65. The molecule has 1 unspecified atom stereocenters. The second-order valence-electron chi connectivity index (χ2n) is 4.58. The number of hydrogen-bond donors (Lipinski definition) is 1. The van der Waals surface area contributed by atoms with Gasteiger partial charge < -0.3 is 10.6 Å². The summed E-state index contributed by atoms with van der Waals surface area (Å²) in [5.74, 6) is 0.952. The van der Waals surface area contributed by atoms with Crippen LogP contribution in [0.1, 0.15) is 24.1 Å². The lowest BCUT2D eigenvalue weighted by atomic mass is 10.1. The van der Waals surface area contributed by atoms with Crippen LogP contribution in [0.2, 0.25) is 0 Å². The highest BCUT2D eigenvalue weighted by molar-refractivity contribution is 5.41. The first-order valence-electron chi connectivity index (χ1n) is 6.13. The van der Waals surface area contributed by atoms with Gasteiger partial charge >= 0.3 is 0 Å². The van der Waals surface area contributed by atoms with Crippen molar-refractivity contribution in [2.75, 3.05) is 11.9 Å². The lowest BCUT2D eigenvalue weighted by Gasteiger charge is -2.19. The normalized spacial score (nSPS) is 12.2. The Labute approximate surface area is 108 Å². The van der Waals surface area contributed by atoms with Crippen LogP contribution in [0.4, 0.5) is 5.82 Å². The first kappa shape index (κ1) is 12.6. The Kier molecular flexibility index (Phi) is 3.95. The van der Waals surface area contributed by atoms with E-state index in [2.05, 4.69) is 34.1 Å². The number of anilines is 1. The Morgan fingerprint density at radius 2 is 1.94 bits per heavy atom. The monoisotopic (exact) mass is 241 g/mol. The van der Waals surface area contributed by atoms with Crippen molar-refractivity contribution in [3.05, 3.63) is 59.8 Å². The summed E-state index contributed by atoms with van der Waals surface area (Å²) in [6.45, 7) is 2.83. The predicted molar refractivity (Wildman–Crippen MR) is 75.4 cm³/mol. The molecule has 18 heavy (non-hydrogen) atoms. The van der Waals surface area contributed by atoms with Gasteiger partial charge in [-0.25, -0.2) is 4.98 Å². The average Bonchev–Trinajstić information content (AvgIpc) is 2.40. The van der Waals surface area contributed by atoms with Gasteiger partial charge in [-0.05, 0) is 30.2 Å². The van der Waals surface area contributed by atoms with Crippen molar-refractivity contribution in [3.63, 3.8) is 0 Å². The highest BCUT2D eigenvalue weighted by atomic mass is 15.2. The second-order valence-corrected chi connectivity index (χ2v) is 4.58. The fourth-order valence-corrected chi connectivity index (χ4v) is 1.86. The zero-order valence-electron chi connectivity index (χ0n) is 10.9. The summed E-state index contributed by atoms with van der Waals surface area (Å²) in [7, 11) is 2.04. The van der Waals surface area contributed by atoms with Gasteiger partial charge in [-0.3, -0.25) is 0 Å². The van der Waals surface area contributed by atoms with E-state index in [1.54, 1.807) is 0 Å². The zero-order valence-corrected chi connectivity index (χ0v) is 10.9. The molecule has 0 aliphatic heterocycles. The highest BCUT2D eigenvalue weighted by Crippen LogP contribution is 2.17. The first-order chi connectivity index (χ1) is 8.66. The van der Waals surface area contributed by atoms with Crippen LogP contribution in [0.3, 0.4) is 0 Å². The molecule has 0 aliphatic carbocycles. The van der Waals surface area contributed by atoms with E-state index in [0.717, 1.165) is 17.9 Å². The van der Waals surface area contributed by atoms with Crippen LogP contribution in [0.15, 0.2) is 48.7 Å². The zero-order chi connectivity index (χ0) is 13.0. The molecular formula is C15H19N3. The Bertz CT molecular complexity index is 494. The van der Waals surface area contributed by atoms with E-state index >= 15 is 0 Å². The largest absolute Gasteiger partial charge is 0.355 e. The number of pyridine rings is 1. The maximum absolute atomic E-state index is 5.89. The molecule has 0 saturated heterocycles. The molecule has 0 bridgehead atoms. The maximum atomic E-state index is 5.89. The summed E-state index contributed by atoms with van der Waals surface area (Å²) < 4.78 is 0. The summed E-state index contributed by atoms with van der Waals surface area (Å²) >= 11 is 0. The van der Waals surface area contributed by atoms with Gasteiger partial charge in [0, 0.05) is 25.8 Å². The molecule has 94 valence electrons. The quantitative estimate of drug-likeness (QED) is 0.895. The molecule has 2 N–H and O–H groups in total. The predicted octanol–water partition coefficient (Wildman–Crippen LogP) is 2.74. The number of rotatable bonds is 4. The molecule has 0 fully saturated rings. The van der Waals surface area contributed by atoms with Crippen LogP contribution < -0.4 is 10.6 Å². The third kappa shape index (κ3) is 3.08. The Morgan fingerprint density at radius 1 is 1.22 bits per heavy atom. The molecule has 0 saturated carbocycles. The van der Waals surface area contributed by atoms with Crippen LogP contribution in [0, 0.1) is 0 Å². The molecule has 0 spiro atoms. The van der Waals surface area contributed by atoms with E-state index in [0.29, 0.717) is 0 Å². The van der Waals surface area contributed by atoms with Gasteiger partial charge in [-0.2, -0.15) is 0 Å². The van der Waals surface area contributed by atoms with E-state index < -0.39 is 0 Å². The van der Waals surface area contributed by atoms with Crippen LogP contribution in [-0.2, 0) is 6.54 Å². The summed E-state index contributed by atoms with van der Waals surface area (Å²) in [4.78, 5) is 6.51. The minimum Gasteiger partial charge on any atom is -0.355 e. The standard InChI is InChI=1S/C15H19N3/c1-12(16)14-8-9-17-15(10-14)18(2)11-13-6-4-3-5-7-13/h3-10,12H,11,16H2,1-2H3. The molecule has 0 amide bonds. The van der Waals surface area contributed by atoms with E-state index in [1.165, 1.54) is 5.56 Å². The molecule has 1 atom stereocenters. The Hall–Kier alpha value is -1.87. The first-order valence-corrected chi connectivity index (χ1v) is 6.13. The third-order valence-corrected chi connectivity index (χ3v) is 2.95. The average molecular weight is 241 g/mol. The molecule has 1 aromatic heterocycles. The lowest BCUT2D eigenvalue weighted by Crippen LogP contribution is -2.18. The SMILES string of the molecule is CC(N)c1ccnc(N(C)Cc2ccccc2)c1. The Morgan fingerprint density at radius 3 is 2.61 bits per heavy atom. The van der Waals surface area contributed by atoms with Crippen LogP contribution in [0.5, 0.6) is 0 Å². The minimum absolute atomic E-state index is 0.0388. The van der Waals surface area contributed by atoms with Crippen molar-refractivity contribution >= 4 is 5.82 Å². The van der Waals surface area contributed by atoms with Gasteiger partial charge in [0.1, 0.15) is 5.82 Å². The number of hydrogen-bond acceptors (Lipinski definition) is 3. The number of aromatic nitrogens is 1. The number of benzene rings is 1. The summed E-state index contributed by atoms with van der Waals surface area (Å²) in [6, 6.07) is 14.4. The lowest BCUT2D eigenvalue weighted by molar-refractivity contribution is 0.809. The fourth-order valence-electron chi connectivity index (χ4n) is 1.86. The molecule has 1 heterocycles. The molecule has 0 aliphatic rings. The highest BCUT2D eigenvalue weighted by Gasteiger charge is 2.06. The van der Waals surface area contributed by atoms with Crippen molar-refractivity contribution in [1.82, 2.24) is 4.98 Å².